The number of hydrogen-bond acceptors (Lipinski definition) is 8. The molecule has 0 bridgehead atoms. The summed E-state index contributed by atoms with van der Waals surface area (Å²) in [5, 5.41) is 20.3. The van der Waals surface area contributed by atoms with Crippen LogP contribution >= 0.6 is 0 Å². The molecule has 0 N–H and O–H groups in total. The largest absolute Gasteiger partial charge is 0.366 e. The Kier molecular flexibility index (Phi) is 5.87. The summed E-state index contributed by atoms with van der Waals surface area (Å²) in [6, 6.07) is 6.35. The number of benzene rings is 1. The SMILES string of the molecule is O=[N+]([O-])c1c(N2CCCCCC2)cc(N(Cc2ccncc2)C2CCCC2)c2nonc12. The van der Waals surface area contributed by atoms with Crippen LogP contribution in [0.3, 0.4) is 0 Å². The van der Waals surface area contributed by atoms with Gasteiger partial charge in [0.25, 0.3) is 0 Å². The molecule has 2 fully saturated rings. The third kappa shape index (κ3) is 3.99. The summed E-state index contributed by atoms with van der Waals surface area (Å²) < 4.78 is 5.07. The van der Waals surface area contributed by atoms with E-state index in [4.69, 9.17) is 4.63 Å². The van der Waals surface area contributed by atoms with E-state index in [0.29, 0.717) is 23.8 Å². The molecule has 3 heterocycles. The zero-order valence-electron chi connectivity index (χ0n) is 18.2. The summed E-state index contributed by atoms with van der Waals surface area (Å²) in [5.41, 5.74) is 3.36. The minimum atomic E-state index is -0.334. The van der Waals surface area contributed by atoms with Crippen molar-refractivity contribution >= 4 is 28.1 Å². The number of aromatic nitrogens is 3. The molecule has 5 rings (SSSR count). The van der Waals surface area contributed by atoms with E-state index in [-0.39, 0.29) is 16.1 Å². The number of fused-ring (bicyclic) bond motifs is 1. The van der Waals surface area contributed by atoms with E-state index in [9.17, 15) is 10.1 Å². The predicted octanol–water partition coefficient (Wildman–Crippen LogP) is 4.86. The van der Waals surface area contributed by atoms with Crippen molar-refractivity contribution < 1.29 is 9.55 Å². The number of anilines is 2. The minimum absolute atomic E-state index is 0.00202. The third-order valence-corrected chi connectivity index (χ3v) is 6.78. The molecular formula is C23H28N6O3. The molecule has 0 spiro atoms. The van der Waals surface area contributed by atoms with Gasteiger partial charge in [0.1, 0.15) is 5.69 Å². The topological polar surface area (TPSA) is 101 Å². The summed E-state index contributed by atoms with van der Waals surface area (Å²) in [4.78, 5) is 20.4. The van der Waals surface area contributed by atoms with E-state index in [2.05, 4.69) is 25.1 Å². The Morgan fingerprint density at radius 2 is 1.72 bits per heavy atom. The quantitative estimate of drug-likeness (QED) is 0.399. The smallest absolute Gasteiger partial charge is 0.323 e. The van der Waals surface area contributed by atoms with Crippen LogP contribution < -0.4 is 9.80 Å². The van der Waals surface area contributed by atoms with Crippen LogP contribution in [0.15, 0.2) is 35.2 Å². The lowest BCUT2D eigenvalue weighted by molar-refractivity contribution is -0.382. The average molecular weight is 437 g/mol. The van der Waals surface area contributed by atoms with E-state index in [1.54, 1.807) is 12.4 Å². The highest BCUT2D eigenvalue weighted by molar-refractivity contribution is 6.00. The van der Waals surface area contributed by atoms with Crippen molar-refractivity contribution in [2.75, 3.05) is 22.9 Å². The molecule has 0 unspecified atom stereocenters. The maximum Gasteiger partial charge on any atom is 0.323 e. The maximum absolute atomic E-state index is 12.1. The van der Waals surface area contributed by atoms with Crippen LogP contribution in [0.1, 0.15) is 56.9 Å². The van der Waals surface area contributed by atoms with Crippen LogP contribution in [-0.4, -0.2) is 39.4 Å². The standard InChI is InChI=1S/C23H28N6O3/c30-29(31)23-20(27-13-5-1-2-6-14-27)15-19(21-22(23)26-32-25-21)28(18-7-3-4-8-18)16-17-9-11-24-12-10-17/h9-12,15,18H,1-8,13-14,16H2. The maximum atomic E-state index is 12.1. The fraction of sp³-hybridized carbons (Fsp3) is 0.522. The van der Waals surface area contributed by atoms with Gasteiger partial charge in [0, 0.05) is 38.1 Å². The van der Waals surface area contributed by atoms with Crippen molar-refractivity contribution in [2.24, 2.45) is 0 Å². The summed E-state index contributed by atoms with van der Waals surface area (Å²) in [6.45, 7) is 2.31. The Morgan fingerprint density at radius 1 is 1.03 bits per heavy atom. The Morgan fingerprint density at radius 3 is 2.41 bits per heavy atom. The Labute approximate surface area is 186 Å². The van der Waals surface area contributed by atoms with Crippen molar-refractivity contribution in [3.05, 3.63) is 46.3 Å². The predicted molar refractivity (Wildman–Crippen MR) is 122 cm³/mol. The zero-order valence-corrected chi connectivity index (χ0v) is 18.2. The molecule has 9 nitrogen and oxygen atoms in total. The molecule has 1 saturated carbocycles. The zero-order chi connectivity index (χ0) is 21.9. The fourth-order valence-electron chi connectivity index (χ4n) is 5.16. The van der Waals surface area contributed by atoms with Crippen LogP contribution in [-0.2, 0) is 6.54 Å². The van der Waals surface area contributed by atoms with Crippen LogP contribution in [0.2, 0.25) is 0 Å². The normalized spacial score (nSPS) is 17.6. The number of pyridine rings is 1. The van der Waals surface area contributed by atoms with Gasteiger partial charge in [-0.25, -0.2) is 4.63 Å². The fourth-order valence-corrected chi connectivity index (χ4v) is 5.16. The lowest BCUT2D eigenvalue weighted by Crippen LogP contribution is -2.33. The molecule has 0 radical (unpaired) electrons. The van der Waals surface area contributed by atoms with Gasteiger partial charge in [-0.3, -0.25) is 15.1 Å². The number of nitro benzene ring substituents is 1. The van der Waals surface area contributed by atoms with Crippen molar-refractivity contribution in [1.29, 1.82) is 0 Å². The first-order valence-electron chi connectivity index (χ1n) is 11.6. The number of hydrogen-bond donors (Lipinski definition) is 0. The van der Waals surface area contributed by atoms with Crippen LogP contribution in [0.4, 0.5) is 17.1 Å². The van der Waals surface area contributed by atoms with Gasteiger partial charge >= 0.3 is 5.69 Å². The molecule has 2 aromatic heterocycles. The molecule has 0 atom stereocenters. The highest BCUT2D eigenvalue weighted by Crippen LogP contribution is 2.43. The lowest BCUT2D eigenvalue weighted by Gasteiger charge is -2.32. The minimum Gasteiger partial charge on any atom is -0.366 e. The van der Waals surface area contributed by atoms with Crippen LogP contribution in [0, 0.1) is 10.1 Å². The van der Waals surface area contributed by atoms with Gasteiger partial charge in [-0.15, -0.1) is 0 Å². The molecule has 2 aliphatic rings. The second-order valence-electron chi connectivity index (χ2n) is 8.80. The summed E-state index contributed by atoms with van der Waals surface area (Å²) in [7, 11) is 0. The Balaban J connectivity index is 1.66. The van der Waals surface area contributed by atoms with E-state index < -0.39 is 0 Å². The lowest BCUT2D eigenvalue weighted by atomic mass is 10.1. The van der Waals surface area contributed by atoms with Gasteiger partial charge in [0.05, 0.1) is 10.6 Å². The van der Waals surface area contributed by atoms with Gasteiger partial charge in [-0.2, -0.15) is 0 Å². The first-order chi connectivity index (χ1) is 15.7. The Bertz CT molecular complexity index is 1070. The highest BCUT2D eigenvalue weighted by Gasteiger charge is 2.33. The summed E-state index contributed by atoms with van der Waals surface area (Å²) >= 11 is 0. The highest BCUT2D eigenvalue weighted by atomic mass is 16.6. The van der Waals surface area contributed by atoms with Crippen LogP contribution in [0.5, 0.6) is 0 Å². The van der Waals surface area contributed by atoms with E-state index in [1.807, 2.05) is 18.2 Å². The average Bonchev–Trinajstić information content (AvgIpc) is 3.44. The van der Waals surface area contributed by atoms with Crippen molar-refractivity contribution in [3.63, 3.8) is 0 Å². The molecule has 9 heteroatoms. The Hall–Kier alpha value is -3.23. The van der Waals surface area contributed by atoms with E-state index >= 15 is 0 Å². The van der Waals surface area contributed by atoms with Gasteiger partial charge in [0.15, 0.2) is 5.52 Å². The van der Waals surface area contributed by atoms with Crippen LogP contribution in [0.25, 0.3) is 11.0 Å². The monoisotopic (exact) mass is 436 g/mol. The second-order valence-corrected chi connectivity index (χ2v) is 8.80. The molecule has 1 saturated heterocycles. The molecule has 0 amide bonds. The van der Waals surface area contributed by atoms with Crippen molar-refractivity contribution in [3.8, 4) is 0 Å². The number of nitro groups is 1. The molecule has 1 aliphatic heterocycles. The van der Waals surface area contributed by atoms with Gasteiger partial charge in [-0.1, -0.05) is 25.7 Å². The first kappa shape index (κ1) is 20.7. The van der Waals surface area contributed by atoms with E-state index in [0.717, 1.165) is 62.9 Å². The molecule has 32 heavy (non-hydrogen) atoms. The number of nitrogens with zero attached hydrogens (tertiary/aromatic N) is 6. The third-order valence-electron chi connectivity index (χ3n) is 6.78. The number of rotatable bonds is 6. The second kappa shape index (κ2) is 9.10. The molecule has 168 valence electrons. The van der Waals surface area contributed by atoms with Crippen molar-refractivity contribution in [1.82, 2.24) is 15.3 Å². The summed E-state index contributed by atoms with van der Waals surface area (Å²) in [5.74, 6) is 0. The van der Waals surface area contributed by atoms with Gasteiger partial charge in [0.2, 0.25) is 5.52 Å². The van der Waals surface area contributed by atoms with E-state index in [1.165, 1.54) is 12.8 Å². The van der Waals surface area contributed by atoms with Gasteiger partial charge < -0.3 is 9.80 Å². The molecular weight excluding hydrogens is 408 g/mol. The molecule has 1 aromatic carbocycles. The molecule has 1 aliphatic carbocycles. The van der Waals surface area contributed by atoms with Crippen molar-refractivity contribution in [2.45, 2.75) is 64.0 Å². The van der Waals surface area contributed by atoms with Gasteiger partial charge in [-0.05, 0) is 59.8 Å². The molecule has 3 aromatic rings. The first-order valence-corrected chi connectivity index (χ1v) is 11.6. The summed E-state index contributed by atoms with van der Waals surface area (Å²) in [6.07, 6.45) is 12.5.